The van der Waals surface area contributed by atoms with Crippen molar-refractivity contribution in [2.45, 2.75) is 33.3 Å². The van der Waals surface area contributed by atoms with E-state index in [1.165, 1.54) is 11.3 Å². The molecule has 22 heavy (non-hydrogen) atoms. The molecule has 1 saturated heterocycles. The van der Waals surface area contributed by atoms with Crippen LogP contribution in [0.25, 0.3) is 10.2 Å². The highest BCUT2D eigenvalue weighted by Crippen LogP contribution is 2.36. The molecule has 2 aromatic heterocycles. The Morgan fingerprint density at radius 2 is 2.23 bits per heavy atom. The molecular weight excluding hydrogens is 302 g/mol. The summed E-state index contributed by atoms with van der Waals surface area (Å²) in [4.78, 5) is 24.6. The van der Waals surface area contributed by atoms with Gasteiger partial charge in [0, 0.05) is 13.1 Å². The van der Waals surface area contributed by atoms with Crippen molar-refractivity contribution >= 4 is 33.3 Å². The summed E-state index contributed by atoms with van der Waals surface area (Å²) >= 11 is 1.35. The van der Waals surface area contributed by atoms with Crippen LogP contribution in [0.15, 0.2) is 0 Å². The third-order valence-corrected chi connectivity index (χ3v) is 4.97. The summed E-state index contributed by atoms with van der Waals surface area (Å²) in [6, 6.07) is 0. The van der Waals surface area contributed by atoms with Gasteiger partial charge >= 0.3 is 5.97 Å². The molecule has 0 radical (unpaired) electrons. The van der Waals surface area contributed by atoms with Crippen molar-refractivity contribution in [1.82, 2.24) is 9.97 Å². The number of carbonyl (C=O) groups is 1. The lowest BCUT2D eigenvalue weighted by Crippen LogP contribution is -2.23. The molecule has 0 unspecified atom stereocenters. The molecule has 0 aromatic carbocycles. The molecule has 0 aliphatic carbocycles. The highest BCUT2D eigenvalue weighted by Gasteiger charge is 2.27. The number of aliphatic hydroxyl groups excluding tert-OH is 1. The second kappa shape index (κ2) is 5.81. The Labute approximate surface area is 132 Å². The van der Waals surface area contributed by atoms with Gasteiger partial charge in [0.2, 0.25) is 0 Å². The van der Waals surface area contributed by atoms with Gasteiger partial charge in [-0.05, 0) is 32.8 Å². The van der Waals surface area contributed by atoms with E-state index in [0.29, 0.717) is 23.9 Å². The van der Waals surface area contributed by atoms with Crippen LogP contribution in [0.4, 0.5) is 5.82 Å². The first kappa shape index (κ1) is 15.2. The van der Waals surface area contributed by atoms with Crippen LogP contribution in [-0.2, 0) is 4.74 Å². The predicted molar refractivity (Wildman–Crippen MR) is 85.7 cm³/mol. The van der Waals surface area contributed by atoms with Crippen LogP contribution in [0.1, 0.15) is 34.4 Å². The Balaban J connectivity index is 2.14. The maximum absolute atomic E-state index is 12.1. The van der Waals surface area contributed by atoms with E-state index in [2.05, 4.69) is 14.9 Å². The zero-order valence-corrected chi connectivity index (χ0v) is 13.7. The summed E-state index contributed by atoms with van der Waals surface area (Å²) in [5, 5.41) is 10.7. The number of aryl methyl sites for hydroxylation is 2. The number of hydrogen-bond acceptors (Lipinski definition) is 7. The normalized spacial score (nSPS) is 18.2. The fourth-order valence-corrected chi connectivity index (χ4v) is 3.89. The number of nitrogens with zero attached hydrogens (tertiary/aromatic N) is 3. The van der Waals surface area contributed by atoms with Crippen molar-refractivity contribution in [2.75, 3.05) is 24.6 Å². The highest BCUT2D eigenvalue weighted by atomic mass is 32.1. The number of anilines is 1. The molecule has 3 heterocycles. The minimum absolute atomic E-state index is 0.312. The summed E-state index contributed by atoms with van der Waals surface area (Å²) < 4.78 is 5.12. The van der Waals surface area contributed by atoms with Gasteiger partial charge in [-0.2, -0.15) is 0 Å². The topological polar surface area (TPSA) is 75.5 Å². The average molecular weight is 321 g/mol. The summed E-state index contributed by atoms with van der Waals surface area (Å²) in [7, 11) is 0. The van der Waals surface area contributed by atoms with Crippen LogP contribution in [0.2, 0.25) is 0 Å². The Morgan fingerprint density at radius 1 is 1.45 bits per heavy atom. The molecule has 0 saturated carbocycles. The van der Waals surface area contributed by atoms with Crippen LogP contribution in [0, 0.1) is 13.8 Å². The number of fused-ring (bicyclic) bond motifs is 1. The fourth-order valence-electron chi connectivity index (χ4n) is 2.78. The Morgan fingerprint density at radius 3 is 2.86 bits per heavy atom. The third-order valence-electron chi connectivity index (χ3n) is 3.81. The number of carbonyl (C=O) groups excluding carboxylic acids is 1. The molecule has 0 bridgehead atoms. The van der Waals surface area contributed by atoms with E-state index in [4.69, 9.17) is 4.74 Å². The Hall–Kier alpha value is -1.73. The summed E-state index contributed by atoms with van der Waals surface area (Å²) in [5.74, 6) is 1.16. The van der Waals surface area contributed by atoms with E-state index in [9.17, 15) is 9.90 Å². The van der Waals surface area contributed by atoms with Crippen molar-refractivity contribution in [1.29, 1.82) is 0 Å². The Kier molecular flexibility index (Phi) is 4.01. The number of esters is 1. The predicted octanol–water partition coefficient (Wildman–Crippen LogP) is 2.06. The molecule has 1 fully saturated rings. The van der Waals surface area contributed by atoms with Gasteiger partial charge in [0.15, 0.2) is 0 Å². The first-order valence-corrected chi connectivity index (χ1v) is 8.20. The lowest BCUT2D eigenvalue weighted by atomic mass is 10.2. The van der Waals surface area contributed by atoms with E-state index >= 15 is 0 Å². The van der Waals surface area contributed by atoms with Crippen LogP contribution >= 0.6 is 11.3 Å². The molecule has 1 N–H and O–H groups in total. The van der Waals surface area contributed by atoms with Gasteiger partial charge in [-0.25, -0.2) is 14.8 Å². The van der Waals surface area contributed by atoms with E-state index in [1.807, 2.05) is 13.8 Å². The van der Waals surface area contributed by atoms with Gasteiger partial charge in [0.1, 0.15) is 21.3 Å². The largest absolute Gasteiger partial charge is 0.462 e. The molecule has 3 rings (SSSR count). The smallest absolute Gasteiger partial charge is 0.348 e. The number of aliphatic hydroxyl groups is 1. The van der Waals surface area contributed by atoms with Gasteiger partial charge < -0.3 is 14.7 Å². The lowest BCUT2D eigenvalue weighted by Gasteiger charge is -2.18. The molecule has 1 aliphatic heterocycles. The zero-order chi connectivity index (χ0) is 15.9. The number of thiophene rings is 1. The molecular formula is C15H19N3O3S. The van der Waals surface area contributed by atoms with Crippen molar-refractivity contribution in [3.05, 3.63) is 16.3 Å². The van der Waals surface area contributed by atoms with E-state index in [-0.39, 0.29) is 12.1 Å². The second-order valence-electron chi connectivity index (χ2n) is 5.44. The van der Waals surface area contributed by atoms with Crippen molar-refractivity contribution in [2.24, 2.45) is 0 Å². The third kappa shape index (κ3) is 2.55. The van der Waals surface area contributed by atoms with Gasteiger partial charge in [-0.15, -0.1) is 11.3 Å². The maximum Gasteiger partial charge on any atom is 0.348 e. The van der Waals surface area contributed by atoms with E-state index < -0.39 is 0 Å². The van der Waals surface area contributed by atoms with Crippen LogP contribution in [-0.4, -0.2) is 46.8 Å². The van der Waals surface area contributed by atoms with Crippen molar-refractivity contribution < 1.29 is 14.6 Å². The molecule has 6 nitrogen and oxygen atoms in total. The maximum atomic E-state index is 12.1. The lowest BCUT2D eigenvalue weighted by molar-refractivity contribution is 0.0531. The highest BCUT2D eigenvalue weighted by molar-refractivity contribution is 7.20. The molecule has 7 heteroatoms. The second-order valence-corrected chi connectivity index (χ2v) is 6.44. The monoisotopic (exact) mass is 321 g/mol. The van der Waals surface area contributed by atoms with Crippen LogP contribution < -0.4 is 4.90 Å². The number of aromatic nitrogens is 2. The average Bonchev–Trinajstić information content (AvgIpc) is 3.03. The summed E-state index contributed by atoms with van der Waals surface area (Å²) in [6.07, 6.45) is 0.409. The van der Waals surface area contributed by atoms with Gasteiger partial charge in [0.05, 0.1) is 18.1 Å². The van der Waals surface area contributed by atoms with Gasteiger partial charge in [-0.1, -0.05) is 0 Å². The minimum Gasteiger partial charge on any atom is -0.462 e. The minimum atomic E-state index is -0.325. The summed E-state index contributed by atoms with van der Waals surface area (Å²) in [6.45, 7) is 7.21. The molecule has 2 aromatic rings. The number of ether oxygens (including phenoxy) is 1. The molecule has 118 valence electrons. The molecule has 1 atom stereocenters. The van der Waals surface area contributed by atoms with Gasteiger partial charge in [0.25, 0.3) is 0 Å². The quantitative estimate of drug-likeness (QED) is 0.872. The fraction of sp³-hybridized carbons (Fsp3) is 0.533. The number of rotatable bonds is 3. The molecule has 1 aliphatic rings. The molecule has 0 amide bonds. The first-order chi connectivity index (χ1) is 10.5. The van der Waals surface area contributed by atoms with Gasteiger partial charge in [-0.3, -0.25) is 0 Å². The van der Waals surface area contributed by atoms with Crippen LogP contribution in [0.3, 0.4) is 0 Å². The number of β-amino-alcohol motifs (C(OH)–C–C–N with tert-alkyl or cyclic N) is 1. The first-order valence-electron chi connectivity index (χ1n) is 7.39. The Bertz CT molecular complexity index is 728. The molecule has 0 spiro atoms. The van der Waals surface area contributed by atoms with Crippen LogP contribution in [0.5, 0.6) is 0 Å². The summed E-state index contributed by atoms with van der Waals surface area (Å²) in [5.41, 5.74) is 0.856. The van der Waals surface area contributed by atoms with E-state index in [0.717, 1.165) is 34.6 Å². The number of hydrogen-bond donors (Lipinski definition) is 1. The van der Waals surface area contributed by atoms with E-state index in [1.54, 1.807) is 6.92 Å². The van der Waals surface area contributed by atoms with Crippen molar-refractivity contribution in [3.63, 3.8) is 0 Å². The zero-order valence-electron chi connectivity index (χ0n) is 12.9. The SMILES string of the molecule is CCOC(=O)c1sc2nc(C)nc(N3CC[C@@H](O)C3)c2c1C. The standard InChI is InChI=1S/C15H19N3O3S/c1-4-21-15(20)12-8(2)11-13(18-6-5-10(19)7-18)16-9(3)17-14(11)22-12/h10,19H,4-7H2,1-3H3/t10-/m1/s1. The van der Waals surface area contributed by atoms with Crippen molar-refractivity contribution in [3.8, 4) is 0 Å².